The highest BCUT2D eigenvalue weighted by atomic mass is 35.5. The lowest BCUT2D eigenvalue weighted by atomic mass is 10.1. The molecule has 14 heavy (non-hydrogen) atoms. The van der Waals surface area contributed by atoms with Crippen molar-refractivity contribution in [2.75, 3.05) is 33.2 Å². The van der Waals surface area contributed by atoms with Gasteiger partial charge in [-0.3, -0.25) is 9.69 Å². The fourth-order valence-electron chi connectivity index (χ4n) is 1.72. The molecule has 0 aromatic rings. The van der Waals surface area contributed by atoms with Gasteiger partial charge in [0, 0.05) is 26.2 Å². The van der Waals surface area contributed by atoms with Crippen LogP contribution in [-0.4, -0.2) is 60.1 Å². The van der Waals surface area contributed by atoms with Crippen LogP contribution in [0.1, 0.15) is 13.3 Å². The van der Waals surface area contributed by atoms with Crippen LogP contribution < -0.4 is 0 Å². The molecule has 1 unspecified atom stereocenters. The van der Waals surface area contributed by atoms with E-state index in [9.17, 15) is 4.79 Å². The summed E-state index contributed by atoms with van der Waals surface area (Å²) in [4.78, 5) is 15.1. The van der Waals surface area contributed by atoms with E-state index in [1.54, 1.807) is 0 Å². The summed E-state index contributed by atoms with van der Waals surface area (Å²) in [7, 11) is 2.07. The third kappa shape index (κ3) is 3.44. The Labute approximate surface area is 91.3 Å². The van der Waals surface area contributed by atoms with E-state index >= 15 is 0 Å². The highest BCUT2D eigenvalue weighted by molar-refractivity contribution is 5.85. The molecule has 4 nitrogen and oxygen atoms in total. The summed E-state index contributed by atoms with van der Waals surface area (Å²) in [5.41, 5.74) is 0. The molecule has 0 aliphatic carbocycles. The van der Waals surface area contributed by atoms with Crippen molar-refractivity contribution in [1.29, 1.82) is 0 Å². The fourth-order valence-corrected chi connectivity index (χ4v) is 1.72. The van der Waals surface area contributed by atoms with Crippen LogP contribution in [0.2, 0.25) is 0 Å². The molecular weight excluding hydrogens is 204 g/mol. The van der Waals surface area contributed by atoms with Crippen molar-refractivity contribution in [3.05, 3.63) is 0 Å². The Kier molecular flexibility index (Phi) is 6.08. The van der Waals surface area contributed by atoms with Gasteiger partial charge in [0.05, 0.1) is 0 Å². The van der Waals surface area contributed by atoms with Gasteiger partial charge in [0.2, 0.25) is 0 Å². The van der Waals surface area contributed by atoms with Crippen LogP contribution in [0.4, 0.5) is 0 Å². The predicted octanol–water partition coefficient (Wildman–Crippen LogP) is 0.519. The van der Waals surface area contributed by atoms with Crippen molar-refractivity contribution >= 4 is 18.4 Å². The molecule has 5 heteroatoms. The molecule has 0 radical (unpaired) electrons. The average Bonchev–Trinajstić information content (AvgIpc) is 2.09. The molecule has 1 fully saturated rings. The minimum atomic E-state index is -0.688. The van der Waals surface area contributed by atoms with Crippen molar-refractivity contribution in [3.63, 3.8) is 0 Å². The van der Waals surface area contributed by atoms with Gasteiger partial charge in [-0.15, -0.1) is 12.4 Å². The zero-order valence-corrected chi connectivity index (χ0v) is 9.59. The summed E-state index contributed by atoms with van der Waals surface area (Å²) >= 11 is 0. The topological polar surface area (TPSA) is 43.8 Å². The van der Waals surface area contributed by atoms with Crippen LogP contribution in [-0.2, 0) is 4.79 Å². The number of hydrogen-bond donors (Lipinski definition) is 1. The number of carboxylic acid groups (broad SMARTS) is 1. The van der Waals surface area contributed by atoms with Gasteiger partial charge >= 0.3 is 5.97 Å². The summed E-state index contributed by atoms with van der Waals surface area (Å²) in [5.74, 6) is -0.688. The number of rotatable bonds is 3. The Balaban J connectivity index is 0.00000169. The number of piperazine rings is 1. The third-order valence-electron chi connectivity index (χ3n) is 2.65. The summed E-state index contributed by atoms with van der Waals surface area (Å²) < 4.78 is 0. The molecule has 1 saturated heterocycles. The Bertz CT molecular complexity index is 182. The number of nitrogens with zero attached hydrogens (tertiary/aromatic N) is 2. The molecule has 0 spiro atoms. The maximum atomic E-state index is 10.9. The largest absolute Gasteiger partial charge is 0.480 e. The van der Waals surface area contributed by atoms with Gasteiger partial charge in [0.15, 0.2) is 0 Å². The van der Waals surface area contributed by atoms with Crippen molar-refractivity contribution in [1.82, 2.24) is 9.80 Å². The molecule has 0 saturated carbocycles. The minimum Gasteiger partial charge on any atom is -0.480 e. The van der Waals surface area contributed by atoms with Crippen LogP contribution in [0.3, 0.4) is 0 Å². The zero-order chi connectivity index (χ0) is 9.84. The lowest BCUT2D eigenvalue weighted by Crippen LogP contribution is -2.51. The molecule has 0 bridgehead atoms. The van der Waals surface area contributed by atoms with Crippen molar-refractivity contribution < 1.29 is 9.90 Å². The normalized spacial score (nSPS) is 21.3. The molecule has 0 amide bonds. The second-order valence-corrected chi connectivity index (χ2v) is 3.60. The van der Waals surface area contributed by atoms with E-state index in [0.717, 1.165) is 26.2 Å². The third-order valence-corrected chi connectivity index (χ3v) is 2.65. The van der Waals surface area contributed by atoms with E-state index in [4.69, 9.17) is 5.11 Å². The highest BCUT2D eigenvalue weighted by Crippen LogP contribution is 2.08. The Morgan fingerprint density at radius 3 is 2.21 bits per heavy atom. The summed E-state index contributed by atoms with van der Waals surface area (Å²) in [6.45, 7) is 5.63. The van der Waals surface area contributed by atoms with Crippen LogP contribution in [0.25, 0.3) is 0 Å². The van der Waals surface area contributed by atoms with E-state index < -0.39 is 5.97 Å². The molecule has 0 aromatic carbocycles. The van der Waals surface area contributed by atoms with E-state index in [1.165, 1.54) is 0 Å². The lowest BCUT2D eigenvalue weighted by Gasteiger charge is -2.35. The smallest absolute Gasteiger partial charge is 0.320 e. The molecule has 1 N–H and O–H groups in total. The molecular formula is C9H19ClN2O2. The summed E-state index contributed by atoms with van der Waals surface area (Å²) in [6.07, 6.45) is 0.693. The second kappa shape index (κ2) is 6.22. The number of carbonyl (C=O) groups is 1. The molecule has 1 heterocycles. The molecule has 1 aliphatic heterocycles. The van der Waals surface area contributed by atoms with Crippen LogP contribution in [0, 0.1) is 0 Å². The number of likely N-dealkylation sites (N-methyl/N-ethyl adjacent to an activating group) is 1. The Morgan fingerprint density at radius 1 is 1.36 bits per heavy atom. The van der Waals surface area contributed by atoms with E-state index in [2.05, 4.69) is 16.8 Å². The number of aliphatic carboxylic acids is 1. The maximum Gasteiger partial charge on any atom is 0.320 e. The fraction of sp³-hybridized carbons (Fsp3) is 0.889. The first-order valence-corrected chi connectivity index (χ1v) is 4.80. The molecule has 0 aromatic heterocycles. The van der Waals surface area contributed by atoms with Crippen LogP contribution in [0.5, 0.6) is 0 Å². The van der Waals surface area contributed by atoms with Gasteiger partial charge < -0.3 is 10.0 Å². The summed E-state index contributed by atoms with van der Waals surface area (Å²) in [5, 5.41) is 8.94. The van der Waals surface area contributed by atoms with E-state index in [-0.39, 0.29) is 18.4 Å². The number of hydrogen-bond acceptors (Lipinski definition) is 3. The second-order valence-electron chi connectivity index (χ2n) is 3.60. The highest BCUT2D eigenvalue weighted by Gasteiger charge is 2.25. The van der Waals surface area contributed by atoms with Crippen molar-refractivity contribution in [2.45, 2.75) is 19.4 Å². The van der Waals surface area contributed by atoms with E-state index in [0.29, 0.717) is 6.42 Å². The van der Waals surface area contributed by atoms with Gasteiger partial charge in [-0.25, -0.2) is 0 Å². The average molecular weight is 223 g/mol. The SMILES string of the molecule is CCC(C(=O)O)N1CCN(C)CC1.Cl. The first-order chi connectivity index (χ1) is 6.15. The first kappa shape index (κ1) is 13.7. The van der Waals surface area contributed by atoms with E-state index in [1.807, 2.05) is 6.92 Å². The Hall–Kier alpha value is -0.320. The Morgan fingerprint density at radius 2 is 1.86 bits per heavy atom. The summed E-state index contributed by atoms with van der Waals surface area (Å²) in [6, 6.07) is -0.284. The predicted molar refractivity (Wildman–Crippen MR) is 58.0 cm³/mol. The van der Waals surface area contributed by atoms with Crippen molar-refractivity contribution in [2.24, 2.45) is 0 Å². The van der Waals surface area contributed by atoms with Gasteiger partial charge in [0.1, 0.15) is 6.04 Å². The minimum absolute atomic E-state index is 0. The lowest BCUT2D eigenvalue weighted by molar-refractivity contribution is -0.144. The number of carboxylic acids is 1. The van der Waals surface area contributed by atoms with Gasteiger partial charge in [-0.1, -0.05) is 6.92 Å². The maximum absolute atomic E-state index is 10.9. The van der Waals surface area contributed by atoms with Gasteiger partial charge in [-0.2, -0.15) is 0 Å². The quantitative estimate of drug-likeness (QED) is 0.756. The van der Waals surface area contributed by atoms with Gasteiger partial charge in [-0.05, 0) is 13.5 Å². The monoisotopic (exact) mass is 222 g/mol. The standard InChI is InChI=1S/C9H18N2O2.ClH/c1-3-8(9(12)13)11-6-4-10(2)5-7-11;/h8H,3-7H2,1-2H3,(H,12,13);1H. The van der Waals surface area contributed by atoms with Gasteiger partial charge in [0.25, 0.3) is 0 Å². The van der Waals surface area contributed by atoms with Crippen molar-refractivity contribution in [3.8, 4) is 0 Å². The van der Waals surface area contributed by atoms with Crippen LogP contribution >= 0.6 is 12.4 Å². The number of halogens is 1. The zero-order valence-electron chi connectivity index (χ0n) is 8.77. The molecule has 1 rings (SSSR count). The molecule has 84 valence electrons. The van der Waals surface area contributed by atoms with Crippen LogP contribution in [0.15, 0.2) is 0 Å². The first-order valence-electron chi connectivity index (χ1n) is 4.80. The molecule has 1 atom stereocenters. The molecule has 1 aliphatic rings.